The third kappa shape index (κ3) is 17.3. The second-order valence-corrected chi connectivity index (χ2v) is 28.2. The van der Waals surface area contributed by atoms with Gasteiger partial charge in [-0.05, 0) is 183 Å². The van der Waals surface area contributed by atoms with Crippen LogP contribution in [0.4, 0.5) is 9.59 Å². The third-order valence-electron chi connectivity index (χ3n) is 17.3. The van der Waals surface area contributed by atoms with Gasteiger partial charge in [0.1, 0.15) is 18.0 Å². The summed E-state index contributed by atoms with van der Waals surface area (Å²) < 4.78 is 16.3. The molecule has 8 atom stereocenters. The molecule has 9 nitrogen and oxygen atoms in total. The number of methoxy groups -OCH3 is 1. The number of rotatable bonds is 26. The Labute approximate surface area is 434 Å². The van der Waals surface area contributed by atoms with Gasteiger partial charge in [0.25, 0.3) is 0 Å². The molecule has 1 aromatic carbocycles. The van der Waals surface area contributed by atoms with E-state index in [1.807, 2.05) is 99.2 Å². The van der Waals surface area contributed by atoms with Gasteiger partial charge in [0.15, 0.2) is 0 Å². The van der Waals surface area contributed by atoms with Crippen molar-refractivity contribution in [2.45, 2.75) is 234 Å². The summed E-state index contributed by atoms with van der Waals surface area (Å²) in [5.41, 5.74) is 2.06. The number of hydrogen-bond donors (Lipinski definition) is 2. The summed E-state index contributed by atoms with van der Waals surface area (Å²) in [6.07, 6.45) is 24.0. The molecular weight excluding hydrogens is 911 g/mol. The zero-order valence-electron chi connectivity index (χ0n) is 46.4. The molecule has 398 valence electrons. The molecule has 0 aliphatic heterocycles. The van der Waals surface area contributed by atoms with Crippen LogP contribution in [0.15, 0.2) is 35.9 Å². The summed E-state index contributed by atoms with van der Waals surface area (Å²) in [6, 6.07) is 7.51. The minimum absolute atomic E-state index is 0.202. The highest BCUT2D eigenvalue weighted by Crippen LogP contribution is 2.68. The monoisotopic (exact) mass is 1010 g/mol. The number of ether oxygens (including phenoxy) is 3. The van der Waals surface area contributed by atoms with Crippen LogP contribution >= 0.6 is 21.6 Å². The van der Waals surface area contributed by atoms with Crippen LogP contribution in [0.1, 0.15) is 211 Å². The van der Waals surface area contributed by atoms with Crippen molar-refractivity contribution >= 4 is 39.7 Å². The Morgan fingerprint density at radius 1 is 0.786 bits per heavy atom. The van der Waals surface area contributed by atoms with E-state index < -0.39 is 23.3 Å². The third-order valence-corrected chi connectivity index (χ3v) is 20.2. The van der Waals surface area contributed by atoms with Crippen molar-refractivity contribution < 1.29 is 28.6 Å². The second-order valence-electron chi connectivity index (χ2n) is 25.4. The van der Waals surface area contributed by atoms with Crippen molar-refractivity contribution in [3.05, 3.63) is 41.5 Å². The predicted molar refractivity (Wildman–Crippen MR) is 294 cm³/mol. The van der Waals surface area contributed by atoms with Gasteiger partial charge in [0.05, 0.1) is 7.11 Å². The first-order chi connectivity index (χ1) is 32.9. The molecule has 70 heavy (non-hydrogen) atoms. The number of alkyl carbamates (subject to hydrolysis) is 2. The normalized spacial score (nSPS) is 26.0. The molecule has 0 bridgehead atoms. The van der Waals surface area contributed by atoms with Gasteiger partial charge in [0, 0.05) is 41.6 Å². The number of allylic oxidation sites excluding steroid dienone is 2. The number of nitrogens with zero attached hydrogens (tertiary/aromatic N) is 1. The minimum Gasteiger partial charge on any atom is -0.497 e. The van der Waals surface area contributed by atoms with Gasteiger partial charge in [-0.15, -0.1) is 0 Å². The maximum atomic E-state index is 14.0. The lowest BCUT2D eigenvalue weighted by Gasteiger charge is -2.58. The van der Waals surface area contributed by atoms with Crippen LogP contribution in [0.2, 0.25) is 0 Å². The Balaban J connectivity index is 1.05. The summed E-state index contributed by atoms with van der Waals surface area (Å²) in [6.45, 7) is 27.9. The molecule has 2 N–H and O–H groups in total. The molecule has 0 saturated heterocycles. The molecule has 4 aliphatic carbocycles. The summed E-state index contributed by atoms with van der Waals surface area (Å²) in [5, 5.41) is 6.69. The van der Waals surface area contributed by atoms with Gasteiger partial charge in [0.2, 0.25) is 5.91 Å². The Morgan fingerprint density at radius 2 is 1.47 bits per heavy atom. The maximum Gasteiger partial charge on any atom is 0.408 e. The Hall–Kier alpha value is -2.53. The number of unbranched alkanes of at least 4 members (excludes halogenated alkanes) is 4. The van der Waals surface area contributed by atoms with Crippen LogP contribution in [0, 0.1) is 46.3 Å². The van der Waals surface area contributed by atoms with E-state index in [0.717, 1.165) is 91.1 Å². The van der Waals surface area contributed by atoms with E-state index >= 15 is 0 Å². The molecule has 0 unspecified atom stereocenters. The zero-order chi connectivity index (χ0) is 51.3. The van der Waals surface area contributed by atoms with Crippen LogP contribution in [-0.4, -0.2) is 70.9 Å². The Bertz CT molecular complexity index is 1840. The molecule has 3 fully saturated rings. The van der Waals surface area contributed by atoms with E-state index in [0.29, 0.717) is 42.0 Å². The number of carbonyl (C=O) groups excluding carboxylic acids is 3. The number of carbonyl (C=O) groups is 3. The summed E-state index contributed by atoms with van der Waals surface area (Å²) in [7, 11) is 5.57. The van der Waals surface area contributed by atoms with Crippen LogP contribution in [0.25, 0.3) is 0 Å². The van der Waals surface area contributed by atoms with E-state index in [1.54, 1.807) is 12.7 Å². The highest BCUT2D eigenvalue weighted by atomic mass is 33.1. The smallest absolute Gasteiger partial charge is 0.408 e. The quantitative estimate of drug-likeness (QED) is 0.0537. The Morgan fingerprint density at radius 3 is 2.17 bits per heavy atom. The van der Waals surface area contributed by atoms with Crippen LogP contribution < -0.4 is 15.4 Å². The molecule has 0 radical (unpaired) electrons. The van der Waals surface area contributed by atoms with E-state index in [4.69, 9.17) is 14.2 Å². The van der Waals surface area contributed by atoms with E-state index in [-0.39, 0.29) is 18.1 Å². The SMILES string of the molecule is COc1ccc(COC(=O)NC(C)(C)CCCCCCCN(CCC(C)(C)NC(=O)OC(C)(C)C)C(=O)CCSS[C@H]2CC[C@@]3(C)C(=CC[C@H]4[C@@H]5CC[C@H]([C@H](C)CCCC(C)C)[C@@]5(C)CC[C@@H]43)C2)cc1. The lowest BCUT2D eigenvalue weighted by molar-refractivity contribution is -0.131. The molecular formula is C59H99N3O6S2. The van der Waals surface area contributed by atoms with E-state index in [1.165, 1.54) is 70.6 Å². The molecule has 4 aliphatic rings. The minimum atomic E-state index is -0.579. The molecule has 11 heteroatoms. The fourth-order valence-electron chi connectivity index (χ4n) is 13.2. The predicted octanol–water partition coefficient (Wildman–Crippen LogP) is 15.7. The lowest BCUT2D eigenvalue weighted by atomic mass is 9.47. The molecule has 3 saturated carbocycles. The molecule has 0 aromatic heterocycles. The fourth-order valence-corrected chi connectivity index (χ4v) is 15.8. The van der Waals surface area contributed by atoms with Crippen molar-refractivity contribution in [1.29, 1.82) is 0 Å². The number of amides is 3. The highest BCUT2D eigenvalue weighted by Gasteiger charge is 2.59. The number of benzene rings is 1. The van der Waals surface area contributed by atoms with E-state index in [2.05, 4.69) is 51.3 Å². The largest absolute Gasteiger partial charge is 0.497 e. The van der Waals surface area contributed by atoms with Gasteiger partial charge in [-0.25, -0.2) is 9.59 Å². The van der Waals surface area contributed by atoms with Crippen molar-refractivity contribution in [2.75, 3.05) is 26.0 Å². The molecule has 1 aromatic rings. The van der Waals surface area contributed by atoms with Crippen LogP contribution in [-0.2, 0) is 20.9 Å². The lowest BCUT2D eigenvalue weighted by Crippen LogP contribution is -2.50. The van der Waals surface area contributed by atoms with Gasteiger partial charge >= 0.3 is 12.2 Å². The number of nitrogens with one attached hydrogen (secondary N) is 2. The van der Waals surface area contributed by atoms with Gasteiger partial charge in [-0.2, -0.15) is 0 Å². The molecule has 5 rings (SSSR count). The molecule has 0 spiro atoms. The van der Waals surface area contributed by atoms with Crippen molar-refractivity contribution in [3.8, 4) is 5.75 Å². The van der Waals surface area contributed by atoms with Crippen molar-refractivity contribution in [3.63, 3.8) is 0 Å². The van der Waals surface area contributed by atoms with Crippen LogP contribution in [0.5, 0.6) is 5.75 Å². The van der Waals surface area contributed by atoms with Crippen LogP contribution in [0.3, 0.4) is 0 Å². The summed E-state index contributed by atoms with van der Waals surface area (Å²) >= 11 is 0. The topological polar surface area (TPSA) is 106 Å². The maximum absolute atomic E-state index is 14.0. The fraction of sp³-hybridized carbons (Fsp3) is 0.814. The Kier molecular flexibility index (Phi) is 21.8. The average Bonchev–Trinajstić information content (AvgIpc) is 3.64. The van der Waals surface area contributed by atoms with Gasteiger partial charge in [-0.1, -0.05) is 125 Å². The summed E-state index contributed by atoms with van der Waals surface area (Å²) in [4.78, 5) is 41.3. The van der Waals surface area contributed by atoms with E-state index in [9.17, 15) is 14.4 Å². The van der Waals surface area contributed by atoms with Crippen molar-refractivity contribution in [1.82, 2.24) is 15.5 Å². The highest BCUT2D eigenvalue weighted by molar-refractivity contribution is 8.76. The first-order valence-electron chi connectivity index (χ1n) is 27.8. The first kappa shape index (κ1) is 58.4. The second kappa shape index (κ2) is 26.1. The number of fused-ring (bicyclic) bond motifs is 5. The molecule has 0 heterocycles. The molecule has 3 amide bonds. The number of hydrogen-bond acceptors (Lipinski definition) is 8. The standard InChI is InChI=1S/C59H99N3O6S2/c1-42(2)20-19-21-43(3)49-28-29-50-48-27-24-45-40-47(30-34-58(45,11)51(48)31-35-59(49,50)12)70-69-39-32-52(63)62(38-36-57(9,10)61-54(65)68-55(4,5)6)37-18-16-14-15-17-33-56(7,8)60-53(64)67-41-44-22-25-46(66-13)26-23-44/h22-26,42-43,47-51H,14-21,27-41H2,1-13H3,(H,60,64)(H,61,65)/t43-,47+,48+,49-,50+,51+,58+,59-/m1/s1. The van der Waals surface area contributed by atoms with Gasteiger partial charge < -0.3 is 29.7 Å². The van der Waals surface area contributed by atoms with Crippen molar-refractivity contribution in [2.24, 2.45) is 46.3 Å². The summed E-state index contributed by atoms with van der Waals surface area (Å²) in [5.74, 6) is 6.96. The first-order valence-corrected chi connectivity index (χ1v) is 30.2. The average molecular weight is 1010 g/mol. The zero-order valence-corrected chi connectivity index (χ0v) is 48.0. The van der Waals surface area contributed by atoms with Gasteiger partial charge in [-0.3, -0.25) is 4.79 Å².